The summed E-state index contributed by atoms with van der Waals surface area (Å²) in [5.74, 6) is 0.102. The van der Waals surface area contributed by atoms with Crippen molar-refractivity contribution < 1.29 is 9.66 Å². The predicted molar refractivity (Wildman–Crippen MR) is 62.0 cm³/mol. The first-order valence-corrected chi connectivity index (χ1v) is 5.73. The Morgan fingerprint density at radius 1 is 1.59 bits per heavy atom. The molecule has 1 N–H and O–H groups in total. The molecule has 1 unspecified atom stereocenters. The minimum Gasteiger partial charge on any atom is -0.471 e. The second-order valence-corrected chi connectivity index (χ2v) is 4.04. The Hall–Kier alpha value is -1.69. The smallest absolute Gasteiger partial charge is 0.330 e. The molecule has 17 heavy (non-hydrogen) atoms. The lowest BCUT2D eigenvalue weighted by Gasteiger charge is -2.22. The van der Waals surface area contributed by atoms with Crippen LogP contribution in [0.2, 0.25) is 0 Å². The minimum atomic E-state index is -0.476. The van der Waals surface area contributed by atoms with Crippen molar-refractivity contribution >= 4 is 5.69 Å². The Labute approximate surface area is 99.2 Å². The van der Waals surface area contributed by atoms with Gasteiger partial charge in [-0.3, -0.25) is 10.1 Å². The zero-order valence-electron chi connectivity index (χ0n) is 9.46. The molecule has 0 bridgehead atoms. The van der Waals surface area contributed by atoms with Gasteiger partial charge < -0.3 is 10.1 Å². The van der Waals surface area contributed by atoms with Crippen molar-refractivity contribution in [2.24, 2.45) is 0 Å². The van der Waals surface area contributed by atoms with Crippen molar-refractivity contribution in [2.45, 2.75) is 25.3 Å². The molecule has 1 saturated heterocycles. The molecule has 0 amide bonds. The Bertz CT molecular complexity index is 391. The molecule has 0 saturated carbocycles. The fourth-order valence-corrected chi connectivity index (χ4v) is 1.88. The molecule has 2 rings (SSSR count). The van der Waals surface area contributed by atoms with E-state index < -0.39 is 4.92 Å². The molecular weight excluding hydrogens is 222 g/mol. The molecule has 0 aliphatic carbocycles. The van der Waals surface area contributed by atoms with Gasteiger partial charge in [-0.2, -0.15) is 0 Å². The lowest BCUT2D eigenvalue weighted by molar-refractivity contribution is -0.386. The molecule has 2 heterocycles. The van der Waals surface area contributed by atoms with Crippen LogP contribution in [0.25, 0.3) is 0 Å². The number of nitrogens with zero attached hydrogens (tertiary/aromatic N) is 2. The maximum absolute atomic E-state index is 10.7. The molecule has 0 spiro atoms. The average Bonchev–Trinajstić information content (AvgIpc) is 2.38. The van der Waals surface area contributed by atoms with E-state index in [1.807, 2.05) is 0 Å². The summed E-state index contributed by atoms with van der Waals surface area (Å²) in [5.41, 5.74) is -0.0803. The van der Waals surface area contributed by atoms with Gasteiger partial charge in [0.15, 0.2) is 0 Å². The number of hydrogen-bond donors (Lipinski definition) is 1. The van der Waals surface area contributed by atoms with Crippen LogP contribution in [0.15, 0.2) is 18.3 Å². The molecule has 1 fully saturated rings. The highest BCUT2D eigenvalue weighted by atomic mass is 16.6. The summed E-state index contributed by atoms with van der Waals surface area (Å²) in [6.07, 6.45) is 4.89. The largest absolute Gasteiger partial charge is 0.471 e. The Kier molecular flexibility index (Phi) is 3.87. The molecular formula is C11H15N3O3. The van der Waals surface area contributed by atoms with E-state index in [0.717, 1.165) is 13.0 Å². The fourth-order valence-electron chi connectivity index (χ4n) is 1.88. The maximum atomic E-state index is 10.7. The lowest BCUT2D eigenvalue weighted by Crippen LogP contribution is -2.38. The third kappa shape index (κ3) is 3.13. The van der Waals surface area contributed by atoms with E-state index in [2.05, 4.69) is 10.3 Å². The van der Waals surface area contributed by atoms with Gasteiger partial charge in [0.2, 0.25) is 0 Å². The number of nitrogens with one attached hydrogen (secondary N) is 1. The van der Waals surface area contributed by atoms with E-state index in [1.165, 1.54) is 31.2 Å². The number of pyridine rings is 1. The zero-order chi connectivity index (χ0) is 12.1. The molecule has 1 aromatic rings. The fraction of sp³-hybridized carbons (Fsp3) is 0.545. The Morgan fingerprint density at radius 2 is 2.47 bits per heavy atom. The van der Waals surface area contributed by atoms with Crippen LogP contribution < -0.4 is 10.1 Å². The lowest BCUT2D eigenvalue weighted by atomic mass is 10.1. The quantitative estimate of drug-likeness (QED) is 0.634. The number of nitro groups is 1. The zero-order valence-corrected chi connectivity index (χ0v) is 9.46. The van der Waals surface area contributed by atoms with Crippen LogP contribution in [0, 0.1) is 10.1 Å². The molecule has 0 aromatic carbocycles. The summed E-state index contributed by atoms with van der Waals surface area (Å²) >= 11 is 0. The van der Waals surface area contributed by atoms with Gasteiger partial charge in [-0.1, -0.05) is 6.42 Å². The topological polar surface area (TPSA) is 77.3 Å². The van der Waals surface area contributed by atoms with E-state index in [9.17, 15) is 10.1 Å². The minimum absolute atomic E-state index is 0.0803. The van der Waals surface area contributed by atoms with Gasteiger partial charge in [0, 0.05) is 18.3 Å². The molecule has 0 radical (unpaired) electrons. The predicted octanol–water partition coefficient (Wildman–Crippen LogP) is 1.51. The number of ether oxygens (including phenoxy) is 1. The number of rotatable bonds is 4. The average molecular weight is 237 g/mol. The molecule has 1 aliphatic heterocycles. The van der Waals surface area contributed by atoms with Gasteiger partial charge in [0.25, 0.3) is 5.88 Å². The molecule has 1 aromatic heterocycles. The van der Waals surface area contributed by atoms with Crippen molar-refractivity contribution in [1.82, 2.24) is 10.3 Å². The molecule has 6 heteroatoms. The van der Waals surface area contributed by atoms with E-state index in [4.69, 9.17) is 4.74 Å². The van der Waals surface area contributed by atoms with E-state index in [1.54, 1.807) is 0 Å². The van der Waals surface area contributed by atoms with Gasteiger partial charge in [-0.25, -0.2) is 4.98 Å². The summed E-state index contributed by atoms with van der Waals surface area (Å²) in [7, 11) is 0. The molecule has 6 nitrogen and oxygen atoms in total. The van der Waals surface area contributed by atoms with Gasteiger partial charge in [-0.15, -0.1) is 0 Å². The van der Waals surface area contributed by atoms with Gasteiger partial charge in [0.1, 0.15) is 6.61 Å². The first kappa shape index (κ1) is 11.8. The second kappa shape index (κ2) is 5.58. The molecule has 1 aliphatic rings. The molecule has 92 valence electrons. The second-order valence-electron chi connectivity index (χ2n) is 4.04. The van der Waals surface area contributed by atoms with Crippen LogP contribution in [0.4, 0.5) is 5.69 Å². The monoisotopic (exact) mass is 237 g/mol. The van der Waals surface area contributed by atoms with Crippen LogP contribution in [-0.4, -0.2) is 29.1 Å². The van der Waals surface area contributed by atoms with Crippen LogP contribution >= 0.6 is 0 Å². The first-order chi connectivity index (χ1) is 8.27. The normalized spacial score (nSPS) is 19.9. The van der Waals surface area contributed by atoms with E-state index in [0.29, 0.717) is 6.61 Å². The number of piperidine rings is 1. The van der Waals surface area contributed by atoms with Crippen LogP contribution in [0.5, 0.6) is 5.88 Å². The first-order valence-electron chi connectivity index (χ1n) is 5.73. The highest BCUT2D eigenvalue weighted by Crippen LogP contribution is 2.23. The van der Waals surface area contributed by atoms with Gasteiger partial charge in [-0.05, 0) is 25.5 Å². The third-order valence-corrected chi connectivity index (χ3v) is 2.78. The standard InChI is InChI=1S/C11H15N3O3/c15-14(16)10-5-3-7-13-11(10)17-8-9-4-1-2-6-12-9/h3,5,7,9,12H,1-2,4,6,8H2. The van der Waals surface area contributed by atoms with Gasteiger partial charge in [0.05, 0.1) is 4.92 Å². The van der Waals surface area contributed by atoms with Crippen LogP contribution in [-0.2, 0) is 0 Å². The van der Waals surface area contributed by atoms with Crippen molar-refractivity contribution in [1.29, 1.82) is 0 Å². The SMILES string of the molecule is O=[N+]([O-])c1cccnc1OCC1CCCCN1. The summed E-state index contributed by atoms with van der Waals surface area (Å²) in [4.78, 5) is 14.2. The van der Waals surface area contributed by atoms with Crippen LogP contribution in [0.1, 0.15) is 19.3 Å². The van der Waals surface area contributed by atoms with E-state index in [-0.39, 0.29) is 17.6 Å². The van der Waals surface area contributed by atoms with Crippen LogP contribution in [0.3, 0.4) is 0 Å². The summed E-state index contributed by atoms with van der Waals surface area (Å²) in [6, 6.07) is 3.20. The Balaban J connectivity index is 1.96. The number of hydrogen-bond acceptors (Lipinski definition) is 5. The summed E-state index contributed by atoms with van der Waals surface area (Å²) in [5, 5.41) is 14.1. The van der Waals surface area contributed by atoms with Crippen molar-refractivity contribution in [2.75, 3.05) is 13.2 Å². The van der Waals surface area contributed by atoms with Crippen molar-refractivity contribution in [3.8, 4) is 5.88 Å². The summed E-state index contributed by atoms with van der Waals surface area (Å²) in [6.45, 7) is 1.41. The van der Waals surface area contributed by atoms with Crippen molar-refractivity contribution in [3.63, 3.8) is 0 Å². The highest BCUT2D eigenvalue weighted by molar-refractivity contribution is 5.39. The van der Waals surface area contributed by atoms with Crippen molar-refractivity contribution in [3.05, 3.63) is 28.4 Å². The van der Waals surface area contributed by atoms with E-state index >= 15 is 0 Å². The molecule has 1 atom stereocenters. The maximum Gasteiger partial charge on any atom is 0.330 e. The highest BCUT2D eigenvalue weighted by Gasteiger charge is 2.18. The summed E-state index contributed by atoms with van der Waals surface area (Å²) < 4.78 is 5.42. The third-order valence-electron chi connectivity index (χ3n) is 2.78. The van der Waals surface area contributed by atoms with Gasteiger partial charge >= 0.3 is 5.69 Å². The number of aromatic nitrogens is 1. The Morgan fingerprint density at radius 3 is 3.18 bits per heavy atom.